The number of likely N-dealkylation sites (N-methyl/N-ethyl adjacent to an activating group) is 1. The molecule has 0 bridgehead atoms. The number of aliphatic hydroxyl groups excluding tert-OH is 1. The van der Waals surface area contributed by atoms with Crippen molar-refractivity contribution in [2.45, 2.75) is 50.7 Å². The van der Waals surface area contributed by atoms with Crippen LogP contribution >= 0.6 is 11.6 Å². The van der Waals surface area contributed by atoms with Gasteiger partial charge < -0.3 is 20.5 Å². The Morgan fingerprint density at radius 2 is 2.03 bits per heavy atom. The molecule has 0 saturated heterocycles. The summed E-state index contributed by atoms with van der Waals surface area (Å²) in [5.74, 6) is 1.08. The molecule has 2 aromatic rings. The fourth-order valence-corrected chi connectivity index (χ4v) is 4.22. The molecule has 5 nitrogen and oxygen atoms in total. The fraction of sp³-hybridized carbons (Fsp3) is 0.458. The van der Waals surface area contributed by atoms with Gasteiger partial charge in [0.2, 0.25) is 0 Å². The molecule has 0 radical (unpaired) electrons. The number of hydrogen-bond donors (Lipinski definition) is 3. The lowest BCUT2D eigenvalue weighted by molar-refractivity contribution is -0.122. The highest BCUT2D eigenvalue weighted by Crippen LogP contribution is 2.34. The van der Waals surface area contributed by atoms with Gasteiger partial charge in [-0.15, -0.1) is 0 Å². The molecule has 162 valence electrons. The quantitative estimate of drug-likeness (QED) is 0.557. The van der Waals surface area contributed by atoms with Crippen LogP contribution in [0.4, 0.5) is 0 Å². The van der Waals surface area contributed by atoms with Gasteiger partial charge in [-0.2, -0.15) is 0 Å². The van der Waals surface area contributed by atoms with E-state index in [0.29, 0.717) is 35.8 Å². The summed E-state index contributed by atoms with van der Waals surface area (Å²) in [4.78, 5) is 11.5. The van der Waals surface area contributed by atoms with E-state index in [0.717, 1.165) is 31.2 Å². The molecule has 1 amide bonds. The minimum Gasteiger partial charge on any atom is -0.484 e. The normalized spacial score (nSPS) is 19.8. The van der Waals surface area contributed by atoms with Gasteiger partial charge in [0.1, 0.15) is 5.75 Å². The van der Waals surface area contributed by atoms with Crippen LogP contribution in [-0.4, -0.2) is 36.8 Å². The van der Waals surface area contributed by atoms with E-state index in [9.17, 15) is 9.90 Å². The van der Waals surface area contributed by atoms with Crippen molar-refractivity contribution in [2.75, 3.05) is 19.7 Å². The van der Waals surface area contributed by atoms with Crippen LogP contribution in [0.2, 0.25) is 5.02 Å². The van der Waals surface area contributed by atoms with Gasteiger partial charge in [0, 0.05) is 24.2 Å². The smallest absolute Gasteiger partial charge is 0.257 e. The predicted molar refractivity (Wildman–Crippen MR) is 120 cm³/mol. The SMILES string of the molecule is CCNC(=O)COc1ccc(C2CCCC(NC[C@H](O)c3cccc(Cl)c3)C2)cc1. The van der Waals surface area contributed by atoms with Crippen molar-refractivity contribution in [3.05, 3.63) is 64.7 Å². The number of benzene rings is 2. The second-order valence-electron chi connectivity index (χ2n) is 7.85. The highest BCUT2D eigenvalue weighted by Gasteiger charge is 2.23. The zero-order valence-electron chi connectivity index (χ0n) is 17.4. The Morgan fingerprint density at radius 3 is 2.77 bits per heavy atom. The molecule has 1 saturated carbocycles. The summed E-state index contributed by atoms with van der Waals surface area (Å²) in [5.41, 5.74) is 2.13. The van der Waals surface area contributed by atoms with Gasteiger partial charge in [0.25, 0.3) is 5.91 Å². The largest absolute Gasteiger partial charge is 0.484 e. The van der Waals surface area contributed by atoms with Gasteiger partial charge in [0.05, 0.1) is 6.10 Å². The molecule has 3 N–H and O–H groups in total. The highest BCUT2D eigenvalue weighted by molar-refractivity contribution is 6.30. The van der Waals surface area contributed by atoms with E-state index in [1.165, 1.54) is 5.56 Å². The van der Waals surface area contributed by atoms with E-state index in [-0.39, 0.29) is 12.5 Å². The van der Waals surface area contributed by atoms with Crippen molar-refractivity contribution in [1.82, 2.24) is 10.6 Å². The van der Waals surface area contributed by atoms with E-state index < -0.39 is 6.10 Å². The first-order valence-electron chi connectivity index (χ1n) is 10.7. The number of hydrogen-bond acceptors (Lipinski definition) is 4. The summed E-state index contributed by atoms with van der Waals surface area (Å²) in [5, 5.41) is 17.3. The average molecular weight is 431 g/mol. The van der Waals surface area contributed by atoms with Crippen LogP contribution in [0.3, 0.4) is 0 Å². The predicted octanol–water partition coefficient (Wildman–Crippen LogP) is 4.20. The van der Waals surface area contributed by atoms with Gasteiger partial charge in [-0.1, -0.05) is 42.3 Å². The van der Waals surface area contributed by atoms with Crippen molar-refractivity contribution >= 4 is 17.5 Å². The maximum Gasteiger partial charge on any atom is 0.257 e. The average Bonchev–Trinajstić information content (AvgIpc) is 2.77. The highest BCUT2D eigenvalue weighted by atomic mass is 35.5. The molecule has 30 heavy (non-hydrogen) atoms. The Labute approximate surface area is 183 Å². The molecule has 1 aliphatic carbocycles. The number of amides is 1. The number of carbonyl (C=O) groups excluding carboxylic acids is 1. The van der Waals surface area contributed by atoms with Gasteiger partial charge in [-0.05, 0) is 67.5 Å². The first-order valence-corrected chi connectivity index (χ1v) is 11.1. The molecule has 2 aromatic carbocycles. The zero-order chi connectivity index (χ0) is 21.3. The Balaban J connectivity index is 1.48. The molecule has 3 rings (SSSR count). The number of carbonyl (C=O) groups is 1. The molecule has 3 atom stereocenters. The number of aliphatic hydroxyl groups is 1. The van der Waals surface area contributed by atoms with Crippen LogP contribution in [0.1, 0.15) is 55.8 Å². The minimum atomic E-state index is -0.564. The lowest BCUT2D eigenvalue weighted by Gasteiger charge is -2.31. The molecular weight excluding hydrogens is 400 g/mol. The van der Waals surface area contributed by atoms with Gasteiger partial charge in [-0.3, -0.25) is 4.79 Å². The summed E-state index contributed by atoms with van der Waals surface area (Å²) in [6.45, 7) is 3.05. The first kappa shape index (κ1) is 22.6. The topological polar surface area (TPSA) is 70.6 Å². The van der Waals surface area contributed by atoms with E-state index >= 15 is 0 Å². The van der Waals surface area contributed by atoms with Crippen LogP contribution in [0.15, 0.2) is 48.5 Å². The number of ether oxygens (including phenoxy) is 1. The van der Waals surface area contributed by atoms with Gasteiger partial charge >= 0.3 is 0 Å². The van der Waals surface area contributed by atoms with E-state index in [4.69, 9.17) is 16.3 Å². The number of halogens is 1. The van der Waals surface area contributed by atoms with Crippen LogP contribution in [0.25, 0.3) is 0 Å². The maximum atomic E-state index is 11.5. The van der Waals surface area contributed by atoms with E-state index in [1.54, 1.807) is 0 Å². The summed E-state index contributed by atoms with van der Waals surface area (Å²) in [6, 6.07) is 15.8. The molecule has 0 spiro atoms. The number of rotatable bonds is 9. The molecule has 0 aliphatic heterocycles. The minimum absolute atomic E-state index is 0.0392. The lowest BCUT2D eigenvalue weighted by Crippen LogP contribution is -2.36. The Morgan fingerprint density at radius 1 is 1.23 bits per heavy atom. The summed E-state index contributed by atoms with van der Waals surface area (Å²) >= 11 is 6.02. The van der Waals surface area contributed by atoms with Crippen molar-refractivity contribution in [1.29, 1.82) is 0 Å². The third-order valence-electron chi connectivity index (χ3n) is 5.60. The second kappa shape index (κ2) is 11.3. The molecule has 1 fully saturated rings. The van der Waals surface area contributed by atoms with Crippen molar-refractivity contribution < 1.29 is 14.6 Å². The lowest BCUT2D eigenvalue weighted by atomic mass is 9.81. The van der Waals surface area contributed by atoms with Gasteiger partial charge in [0.15, 0.2) is 6.61 Å². The van der Waals surface area contributed by atoms with Crippen LogP contribution in [0.5, 0.6) is 5.75 Å². The number of nitrogens with one attached hydrogen (secondary N) is 2. The monoisotopic (exact) mass is 430 g/mol. The third kappa shape index (κ3) is 6.73. The summed E-state index contributed by atoms with van der Waals surface area (Å²) in [6.07, 6.45) is 3.91. The maximum absolute atomic E-state index is 11.5. The third-order valence-corrected chi connectivity index (χ3v) is 5.84. The summed E-state index contributed by atoms with van der Waals surface area (Å²) in [7, 11) is 0. The molecular formula is C24H31ClN2O3. The Hall–Kier alpha value is -2.08. The van der Waals surface area contributed by atoms with Crippen molar-refractivity contribution in [3.8, 4) is 5.75 Å². The van der Waals surface area contributed by atoms with Crippen LogP contribution < -0.4 is 15.4 Å². The van der Waals surface area contributed by atoms with Crippen LogP contribution in [0, 0.1) is 0 Å². The second-order valence-corrected chi connectivity index (χ2v) is 8.29. The van der Waals surface area contributed by atoms with Crippen LogP contribution in [-0.2, 0) is 4.79 Å². The standard InChI is InChI=1S/C24H31ClN2O3/c1-2-26-24(29)16-30-22-11-9-17(10-12-22)18-5-4-8-21(14-18)27-15-23(28)19-6-3-7-20(25)13-19/h3,6-7,9-13,18,21,23,27-28H,2,4-5,8,14-16H2,1H3,(H,26,29)/t18?,21?,23-/m0/s1. The van der Waals surface area contributed by atoms with Crippen molar-refractivity contribution in [2.24, 2.45) is 0 Å². The molecule has 2 unspecified atom stereocenters. The van der Waals surface area contributed by atoms with Gasteiger partial charge in [-0.25, -0.2) is 0 Å². The summed E-state index contributed by atoms with van der Waals surface area (Å²) < 4.78 is 5.54. The molecule has 0 aromatic heterocycles. The fourth-order valence-electron chi connectivity index (χ4n) is 4.02. The van der Waals surface area contributed by atoms with E-state index in [2.05, 4.69) is 22.8 Å². The first-order chi connectivity index (χ1) is 14.5. The Kier molecular flexibility index (Phi) is 8.55. The molecule has 0 heterocycles. The molecule has 6 heteroatoms. The van der Waals surface area contributed by atoms with E-state index in [1.807, 2.05) is 43.3 Å². The molecule has 1 aliphatic rings. The van der Waals surface area contributed by atoms with Crippen molar-refractivity contribution in [3.63, 3.8) is 0 Å². The zero-order valence-corrected chi connectivity index (χ0v) is 18.2. The Bertz CT molecular complexity index is 812.